The summed E-state index contributed by atoms with van der Waals surface area (Å²) in [7, 11) is 0. The van der Waals surface area contributed by atoms with Crippen LogP contribution in [0.1, 0.15) is 31.8 Å². The summed E-state index contributed by atoms with van der Waals surface area (Å²) < 4.78 is 1.87. The van der Waals surface area contributed by atoms with Crippen molar-refractivity contribution in [3.8, 4) is 12.3 Å². The largest absolute Gasteiger partial charge is 0.341 e. The predicted molar refractivity (Wildman–Crippen MR) is 139 cm³/mol. The fraction of sp³-hybridized carbons (Fsp3) is 0.136. The first-order valence-electron chi connectivity index (χ1n) is 8.76. The summed E-state index contributed by atoms with van der Waals surface area (Å²) in [6.07, 6.45) is 6.72. The van der Waals surface area contributed by atoms with Crippen LogP contribution in [0, 0.1) is 33.3 Å². The standard InChI is InChI=1S/C11H9IN2OS.C11H10INO/c1-7-2-3-9(12)8(6-7)10(15)14-11-13-4-5-16-11;1-3-6-13-11(14)9-7-8(2)4-5-10(9)12/h2-6H,1H3,(H,13,14,15);1,4-5,7H,6H2,2H3,(H,13,14). The Balaban J connectivity index is 0.000000216. The lowest BCUT2D eigenvalue weighted by atomic mass is 10.1. The first-order chi connectivity index (χ1) is 14.3. The number of carbonyl (C=O) groups excluding carboxylic acids is 2. The minimum absolute atomic E-state index is 0.108. The van der Waals surface area contributed by atoms with Crippen molar-refractivity contribution in [1.29, 1.82) is 0 Å². The molecular formula is C22H19I2N3O2S. The number of benzene rings is 2. The second-order valence-corrected chi connectivity index (χ2v) is 9.36. The number of thiazole rings is 1. The van der Waals surface area contributed by atoms with E-state index in [-0.39, 0.29) is 18.4 Å². The van der Waals surface area contributed by atoms with E-state index in [0.717, 1.165) is 18.3 Å². The summed E-state index contributed by atoms with van der Waals surface area (Å²) in [6.45, 7) is 4.19. The normalized spacial score (nSPS) is 9.70. The summed E-state index contributed by atoms with van der Waals surface area (Å²) in [5.41, 5.74) is 3.51. The average Bonchev–Trinajstić information content (AvgIpc) is 3.23. The van der Waals surface area contributed by atoms with Gasteiger partial charge in [-0.2, -0.15) is 0 Å². The third kappa shape index (κ3) is 7.37. The molecule has 2 N–H and O–H groups in total. The Morgan fingerprint density at radius 2 is 1.60 bits per heavy atom. The van der Waals surface area contributed by atoms with Crippen molar-refractivity contribution in [3.63, 3.8) is 0 Å². The summed E-state index contributed by atoms with van der Waals surface area (Å²) in [5.74, 6) is 2.14. The zero-order valence-electron chi connectivity index (χ0n) is 16.3. The monoisotopic (exact) mass is 643 g/mol. The molecule has 1 aromatic heterocycles. The highest BCUT2D eigenvalue weighted by Crippen LogP contribution is 2.17. The number of amides is 2. The molecule has 0 radical (unpaired) electrons. The summed E-state index contributed by atoms with van der Waals surface area (Å²) in [6, 6.07) is 11.5. The Bertz CT molecular complexity index is 1080. The molecule has 0 bridgehead atoms. The maximum atomic E-state index is 11.9. The van der Waals surface area contributed by atoms with Gasteiger partial charge in [0.05, 0.1) is 17.7 Å². The van der Waals surface area contributed by atoms with Crippen molar-refractivity contribution in [3.05, 3.63) is 77.4 Å². The summed E-state index contributed by atoms with van der Waals surface area (Å²) in [4.78, 5) is 27.5. The van der Waals surface area contributed by atoms with Crippen molar-refractivity contribution >= 4 is 73.5 Å². The number of aromatic nitrogens is 1. The summed E-state index contributed by atoms with van der Waals surface area (Å²) in [5, 5.41) is 7.86. The lowest BCUT2D eigenvalue weighted by molar-refractivity contribution is 0.0956. The quantitative estimate of drug-likeness (QED) is 0.301. The number of nitrogens with one attached hydrogen (secondary N) is 2. The van der Waals surface area contributed by atoms with Crippen molar-refractivity contribution in [2.24, 2.45) is 0 Å². The molecule has 0 spiro atoms. The first kappa shape index (κ1) is 24.3. The molecule has 0 unspecified atom stereocenters. The van der Waals surface area contributed by atoms with E-state index in [2.05, 4.69) is 66.7 Å². The van der Waals surface area contributed by atoms with Gasteiger partial charge in [-0.15, -0.1) is 17.8 Å². The number of anilines is 1. The van der Waals surface area contributed by atoms with Crippen molar-refractivity contribution in [1.82, 2.24) is 10.3 Å². The van der Waals surface area contributed by atoms with Gasteiger partial charge in [-0.05, 0) is 83.3 Å². The highest BCUT2D eigenvalue weighted by atomic mass is 127. The number of hydrogen-bond acceptors (Lipinski definition) is 4. The Labute approximate surface area is 207 Å². The third-order valence-electron chi connectivity index (χ3n) is 3.74. The second kappa shape index (κ2) is 12.0. The van der Waals surface area contributed by atoms with Gasteiger partial charge in [0.15, 0.2) is 5.13 Å². The molecule has 0 aliphatic carbocycles. The maximum Gasteiger partial charge on any atom is 0.258 e. The fourth-order valence-electron chi connectivity index (χ4n) is 2.30. The Hall–Kier alpha value is -1.97. The Morgan fingerprint density at radius 1 is 1.03 bits per heavy atom. The molecule has 2 aromatic carbocycles. The van der Waals surface area contributed by atoms with E-state index in [1.165, 1.54) is 11.3 Å². The van der Waals surface area contributed by atoms with Crippen LogP contribution in [0.25, 0.3) is 0 Å². The van der Waals surface area contributed by atoms with Crippen LogP contribution in [0.2, 0.25) is 0 Å². The zero-order valence-corrected chi connectivity index (χ0v) is 21.5. The van der Waals surface area contributed by atoms with Crippen LogP contribution in [-0.4, -0.2) is 23.3 Å². The molecule has 0 saturated carbocycles. The Morgan fingerprint density at radius 3 is 2.10 bits per heavy atom. The lowest BCUT2D eigenvalue weighted by Gasteiger charge is -2.05. The number of terminal acetylenes is 1. The lowest BCUT2D eigenvalue weighted by Crippen LogP contribution is -2.24. The molecule has 0 saturated heterocycles. The van der Waals surface area contributed by atoms with Crippen LogP contribution < -0.4 is 10.6 Å². The van der Waals surface area contributed by atoms with Crippen LogP contribution in [-0.2, 0) is 0 Å². The molecule has 3 rings (SSSR count). The van der Waals surface area contributed by atoms with Crippen molar-refractivity contribution in [2.45, 2.75) is 13.8 Å². The molecule has 1 heterocycles. The molecule has 154 valence electrons. The van der Waals surface area contributed by atoms with E-state index in [0.29, 0.717) is 16.3 Å². The Kier molecular flexibility index (Phi) is 9.74. The van der Waals surface area contributed by atoms with Gasteiger partial charge in [0.2, 0.25) is 0 Å². The number of hydrogen-bond donors (Lipinski definition) is 2. The van der Waals surface area contributed by atoms with Gasteiger partial charge in [-0.1, -0.05) is 29.2 Å². The predicted octanol–water partition coefficient (Wildman–Crippen LogP) is 5.27. The zero-order chi connectivity index (χ0) is 22.1. The van der Waals surface area contributed by atoms with E-state index in [1.54, 1.807) is 6.20 Å². The van der Waals surface area contributed by atoms with Gasteiger partial charge < -0.3 is 5.32 Å². The third-order valence-corrected chi connectivity index (χ3v) is 6.31. The summed E-state index contributed by atoms with van der Waals surface area (Å²) >= 11 is 5.70. The second-order valence-electron chi connectivity index (χ2n) is 6.14. The van der Waals surface area contributed by atoms with Crippen LogP contribution in [0.5, 0.6) is 0 Å². The molecular weight excluding hydrogens is 624 g/mol. The molecule has 0 fully saturated rings. The number of carbonyl (C=O) groups is 2. The SMILES string of the molecule is C#CCNC(=O)c1cc(C)ccc1I.Cc1ccc(I)c(C(=O)Nc2nccs2)c1. The highest BCUT2D eigenvalue weighted by Gasteiger charge is 2.11. The van der Waals surface area contributed by atoms with Crippen molar-refractivity contribution in [2.75, 3.05) is 11.9 Å². The molecule has 3 aromatic rings. The van der Waals surface area contributed by atoms with Crippen LogP contribution >= 0.6 is 56.5 Å². The van der Waals surface area contributed by atoms with E-state index in [1.807, 2.05) is 55.6 Å². The highest BCUT2D eigenvalue weighted by molar-refractivity contribution is 14.1. The van der Waals surface area contributed by atoms with Gasteiger partial charge >= 0.3 is 0 Å². The number of rotatable bonds is 4. The molecule has 2 amide bonds. The van der Waals surface area contributed by atoms with Gasteiger partial charge in [0.25, 0.3) is 11.8 Å². The molecule has 30 heavy (non-hydrogen) atoms. The van der Waals surface area contributed by atoms with Gasteiger partial charge in [0, 0.05) is 18.7 Å². The van der Waals surface area contributed by atoms with E-state index in [4.69, 9.17) is 6.42 Å². The smallest absolute Gasteiger partial charge is 0.258 e. The van der Waals surface area contributed by atoms with Crippen LogP contribution in [0.15, 0.2) is 48.0 Å². The number of nitrogens with zero attached hydrogens (tertiary/aromatic N) is 1. The van der Waals surface area contributed by atoms with Gasteiger partial charge in [-0.25, -0.2) is 4.98 Å². The average molecular weight is 643 g/mol. The number of aryl methyl sites for hydroxylation is 2. The topological polar surface area (TPSA) is 71.1 Å². The van der Waals surface area contributed by atoms with E-state index < -0.39 is 0 Å². The molecule has 0 aliphatic heterocycles. The first-order valence-corrected chi connectivity index (χ1v) is 11.8. The van der Waals surface area contributed by atoms with Gasteiger partial charge in [-0.3, -0.25) is 14.9 Å². The molecule has 0 atom stereocenters. The van der Waals surface area contributed by atoms with Crippen LogP contribution in [0.3, 0.4) is 0 Å². The van der Waals surface area contributed by atoms with E-state index in [9.17, 15) is 9.59 Å². The van der Waals surface area contributed by atoms with Crippen LogP contribution in [0.4, 0.5) is 5.13 Å². The molecule has 0 aliphatic rings. The fourth-order valence-corrected chi connectivity index (χ4v) is 3.99. The minimum Gasteiger partial charge on any atom is -0.341 e. The molecule has 5 nitrogen and oxygen atoms in total. The van der Waals surface area contributed by atoms with Crippen molar-refractivity contribution < 1.29 is 9.59 Å². The van der Waals surface area contributed by atoms with E-state index >= 15 is 0 Å². The molecule has 8 heteroatoms. The van der Waals surface area contributed by atoms with Gasteiger partial charge in [0.1, 0.15) is 0 Å². The number of halogens is 2. The minimum atomic E-state index is -0.115. The maximum absolute atomic E-state index is 11.9.